The summed E-state index contributed by atoms with van der Waals surface area (Å²) in [6.45, 7) is 16.0. The van der Waals surface area contributed by atoms with Crippen molar-refractivity contribution in [2.45, 2.75) is 59.5 Å². The van der Waals surface area contributed by atoms with Crippen molar-refractivity contribution in [3.05, 3.63) is 29.8 Å². The summed E-state index contributed by atoms with van der Waals surface area (Å²) in [7, 11) is 0. The van der Waals surface area contributed by atoms with Crippen molar-refractivity contribution in [1.29, 1.82) is 0 Å². The van der Waals surface area contributed by atoms with Crippen LogP contribution in [0.1, 0.15) is 53.0 Å². The molecule has 1 atom stereocenters. The maximum Gasteiger partial charge on any atom is 0.412 e. The van der Waals surface area contributed by atoms with Crippen LogP contribution in [0.25, 0.3) is 0 Å². The molecule has 0 aliphatic carbocycles. The maximum atomic E-state index is 11.9. The summed E-state index contributed by atoms with van der Waals surface area (Å²) in [4.78, 5) is 19.2. The van der Waals surface area contributed by atoms with Gasteiger partial charge in [0.15, 0.2) is 5.96 Å². The van der Waals surface area contributed by atoms with E-state index in [9.17, 15) is 4.79 Å². The van der Waals surface area contributed by atoms with Crippen molar-refractivity contribution in [2.24, 2.45) is 10.9 Å². The SMILES string of the molecule is CCCN1CCC(CN=C(NCC)NCCc2ccc(NC(=O)OC(C)(C)C)cc2)C1. The number of hydrogen-bond donors (Lipinski definition) is 3. The molecule has 1 aromatic rings. The zero-order chi connectivity index (χ0) is 22.7. The Labute approximate surface area is 188 Å². The standard InChI is InChI=1S/C24H41N5O2/c1-6-15-29-16-13-20(18-29)17-27-22(25-7-2)26-14-12-19-8-10-21(11-9-19)28-23(30)31-24(3,4)5/h8-11,20H,6-7,12-18H2,1-5H3,(H,28,30)(H2,25,26,27). The van der Waals surface area contributed by atoms with Crippen molar-refractivity contribution in [1.82, 2.24) is 15.5 Å². The molecule has 7 heteroatoms. The maximum absolute atomic E-state index is 11.9. The fourth-order valence-corrected chi connectivity index (χ4v) is 3.64. The lowest BCUT2D eigenvalue weighted by Crippen LogP contribution is -2.38. The molecule has 0 saturated carbocycles. The molecule has 1 aliphatic heterocycles. The lowest BCUT2D eigenvalue weighted by atomic mass is 10.1. The number of anilines is 1. The third-order valence-electron chi connectivity index (χ3n) is 5.07. The van der Waals surface area contributed by atoms with Crippen LogP contribution in [0.5, 0.6) is 0 Å². The van der Waals surface area contributed by atoms with Crippen LogP contribution in [0.4, 0.5) is 10.5 Å². The second-order valence-corrected chi connectivity index (χ2v) is 9.18. The zero-order valence-corrected chi connectivity index (χ0v) is 20.0. The second kappa shape index (κ2) is 12.5. The quantitative estimate of drug-likeness (QED) is 0.409. The minimum atomic E-state index is -0.506. The number of benzene rings is 1. The van der Waals surface area contributed by atoms with Gasteiger partial charge in [-0.25, -0.2) is 4.79 Å². The minimum Gasteiger partial charge on any atom is -0.444 e. The third kappa shape index (κ3) is 10.0. The van der Waals surface area contributed by atoms with Crippen LogP contribution in [0.2, 0.25) is 0 Å². The minimum absolute atomic E-state index is 0.437. The van der Waals surface area contributed by atoms with Crippen LogP contribution >= 0.6 is 0 Å². The number of aliphatic imine (C=N–C) groups is 1. The van der Waals surface area contributed by atoms with E-state index in [1.807, 2.05) is 45.0 Å². The summed E-state index contributed by atoms with van der Waals surface area (Å²) in [5.74, 6) is 1.55. The topological polar surface area (TPSA) is 78.0 Å². The molecule has 1 aromatic carbocycles. The predicted molar refractivity (Wildman–Crippen MR) is 129 cm³/mol. The average Bonchev–Trinajstić information content (AvgIpc) is 3.14. The Morgan fingerprint density at radius 1 is 1.19 bits per heavy atom. The number of ether oxygens (including phenoxy) is 1. The van der Waals surface area contributed by atoms with E-state index in [2.05, 4.69) is 34.7 Å². The fraction of sp³-hybridized carbons (Fsp3) is 0.667. The van der Waals surface area contributed by atoms with E-state index in [-0.39, 0.29) is 0 Å². The Morgan fingerprint density at radius 2 is 1.94 bits per heavy atom. The van der Waals surface area contributed by atoms with Crippen LogP contribution in [0, 0.1) is 5.92 Å². The van der Waals surface area contributed by atoms with E-state index < -0.39 is 11.7 Å². The Bertz CT molecular complexity index is 697. The van der Waals surface area contributed by atoms with Gasteiger partial charge in [0.1, 0.15) is 5.60 Å². The number of rotatable bonds is 9. The molecule has 0 radical (unpaired) electrons. The van der Waals surface area contributed by atoms with E-state index >= 15 is 0 Å². The van der Waals surface area contributed by atoms with Crippen molar-refractivity contribution in [3.63, 3.8) is 0 Å². The molecule has 2 rings (SSSR count). The van der Waals surface area contributed by atoms with Gasteiger partial charge in [-0.15, -0.1) is 0 Å². The van der Waals surface area contributed by atoms with Crippen LogP contribution in [-0.2, 0) is 11.2 Å². The van der Waals surface area contributed by atoms with Crippen LogP contribution in [0.15, 0.2) is 29.3 Å². The lowest BCUT2D eigenvalue weighted by Gasteiger charge is -2.19. The van der Waals surface area contributed by atoms with Gasteiger partial charge in [0.2, 0.25) is 0 Å². The number of amides is 1. The van der Waals surface area contributed by atoms with Crippen molar-refractivity contribution in [3.8, 4) is 0 Å². The molecule has 31 heavy (non-hydrogen) atoms. The summed E-state index contributed by atoms with van der Waals surface area (Å²) < 4.78 is 5.28. The van der Waals surface area contributed by atoms with E-state index in [0.29, 0.717) is 5.92 Å². The molecule has 0 spiro atoms. The molecule has 7 nitrogen and oxygen atoms in total. The summed E-state index contributed by atoms with van der Waals surface area (Å²) in [6.07, 6.45) is 2.91. The van der Waals surface area contributed by atoms with E-state index in [1.165, 1.54) is 38.0 Å². The van der Waals surface area contributed by atoms with Gasteiger partial charge in [-0.05, 0) is 83.7 Å². The highest BCUT2D eigenvalue weighted by Crippen LogP contribution is 2.16. The monoisotopic (exact) mass is 431 g/mol. The molecule has 1 heterocycles. The van der Waals surface area contributed by atoms with Crippen LogP contribution < -0.4 is 16.0 Å². The Kier molecular flexibility index (Phi) is 10.1. The van der Waals surface area contributed by atoms with E-state index in [0.717, 1.165) is 37.7 Å². The highest BCUT2D eigenvalue weighted by molar-refractivity contribution is 5.84. The van der Waals surface area contributed by atoms with E-state index in [4.69, 9.17) is 9.73 Å². The molecule has 0 aromatic heterocycles. The van der Waals surface area contributed by atoms with Gasteiger partial charge >= 0.3 is 6.09 Å². The molecule has 1 saturated heterocycles. The first kappa shape index (κ1) is 25.0. The number of carbonyl (C=O) groups is 1. The Morgan fingerprint density at radius 3 is 2.58 bits per heavy atom. The number of hydrogen-bond acceptors (Lipinski definition) is 4. The largest absolute Gasteiger partial charge is 0.444 e. The van der Waals surface area contributed by atoms with Crippen LogP contribution in [0.3, 0.4) is 0 Å². The molecule has 174 valence electrons. The van der Waals surface area contributed by atoms with Gasteiger partial charge in [-0.2, -0.15) is 0 Å². The summed E-state index contributed by atoms with van der Waals surface area (Å²) in [5.41, 5.74) is 1.42. The molecule has 1 aliphatic rings. The molecule has 1 amide bonds. The number of nitrogens with one attached hydrogen (secondary N) is 3. The van der Waals surface area contributed by atoms with Gasteiger partial charge in [-0.1, -0.05) is 19.1 Å². The van der Waals surface area contributed by atoms with Crippen molar-refractivity contribution >= 4 is 17.7 Å². The summed E-state index contributed by atoms with van der Waals surface area (Å²) >= 11 is 0. The second-order valence-electron chi connectivity index (χ2n) is 9.18. The van der Waals surface area contributed by atoms with Gasteiger partial charge in [0.05, 0.1) is 0 Å². The summed E-state index contributed by atoms with van der Waals surface area (Å²) in [5, 5.41) is 9.54. The Hall–Kier alpha value is -2.28. The molecule has 1 unspecified atom stereocenters. The van der Waals surface area contributed by atoms with Gasteiger partial charge in [0, 0.05) is 31.9 Å². The predicted octanol–water partition coefficient (Wildman–Crippen LogP) is 3.86. The molecule has 1 fully saturated rings. The lowest BCUT2D eigenvalue weighted by molar-refractivity contribution is 0.0636. The summed E-state index contributed by atoms with van der Waals surface area (Å²) in [6, 6.07) is 7.86. The molecular weight excluding hydrogens is 390 g/mol. The van der Waals surface area contributed by atoms with Gasteiger partial charge in [0.25, 0.3) is 0 Å². The normalized spacial score (nSPS) is 17.5. The van der Waals surface area contributed by atoms with E-state index in [1.54, 1.807) is 0 Å². The van der Waals surface area contributed by atoms with Gasteiger partial charge < -0.3 is 20.3 Å². The van der Waals surface area contributed by atoms with Crippen molar-refractivity contribution < 1.29 is 9.53 Å². The zero-order valence-electron chi connectivity index (χ0n) is 20.0. The Balaban J connectivity index is 1.76. The molecular formula is C24H41N5O2. The first-order valence-electron chi connectivity index (χ1n) is 11.6. The fourth-order valence-electron chi connectivity index (χ4n) is 3.64. The first-order valence-corrected chi connectivity index (χ1v) is 11.6. The number of carbonyl (C=O) groups excluding carboxylic acids is 1. The smallest absolute Gasteiger partial charge is 0.412 e. The highest BCUT2D eigenvalue weighted by atomic mass is 16.6. The van der Waals surface area contributed by atoms with Gasteiger partial charge in [-0.3, -0.25) is 10.3 Å². The third-order valence-corrected chi connectivity index (χ3v) is 5.07. The number of nitrogens with zero attached hydrogens (tertiary/aromatic N) is 2. The highest BCUT2D eigenvalue weighted by Gasteiger charge is 2.21. The first-order chi connectivity index (χ1) is 14.8. The average molecular weight is 432 g/mol. The molecule has 3 N–H and O–H groups in total. The number of likely N-dealkylation sites (tertiary alicyclic amines) is 1. The number of guanidine groups is 1. The van der Waals surface area contributed by atoms with Crippen molar-refractivity contribution in [2.75, 3.05) is 44.6 Å². The molecule has 0 bridgehead atoms. The van der Waals surface area contributed by atoms with Crippen LogP contribution in [-0.4, -0.2) is 61.8 Å².